The molecule has 164 valence electrons. The molecule has 0 spiro atoms. The molecule has 0 bridgehead atoms. The van der Waals surface area contributed by atoms with Gasteiger partial charge in [0.25, 0.3) is 5.91 Å². The monoisotopic (exact) mass is 419 g/mol. The second kappa shape index (κ2) is 10.0. The lowest BCUT2D eigenvalue weighted by Crippen LogP contribution is -2.40. The van der Waals surface area contributed by atoms with E-state index in [1.54, 1.807) is 6.07 Å². The maximum Gasteiger partial charge on any atom is 0.251 e. The molecule has 5 nitrogen and oxygen atoms in total. The van der Waals surface area contributed by atoms with E-state index in [4.69, 9.17) is 0 Å². The molecule has 0 radical (unpaired) electrons. The summed E-state index contributed by atoms with van der Waals surface area (Å²) in [7, 11) is 0. The van der Waals surface area contributed by atoms with Crippen molar-refractivity contribution in [3.63, 3.8) is 0 Å². The Labute approximate surface area is 184 Å². The first-order valence-electron chi connectivity index (χ1n) is 11.5. The van der Waals surface area contributed by atoms with E-state index >= 15 is 0 Å². The average Bonchev–Trinajstić information content (AvgIpc) is 3.12. The highest BCUT2D eigenvalue weighted by atomic mass is 16.3. The molecular weight excluding hydrogens is 386 g/mol. The summed E-state index contributed by atoms with van der Waals surface area (Å²) in [4.78, 5) is 15.2. The molecule has 1 aliphatic rings. The number of hydrogen-bond donors (Lipinski definition) is 2. The molecule has 5 heteroatoms. The summed E-state index contributed by atoms with van der Waals surface area (Å²) >= 11 is 0. The molecule has 1 aliphatic heterocycles. The number of rotatable bonds is 8. The zero-order valence-electron chi connectivity index (χ0n) is 18.4. The van der Waals surface area contributed by atoms with Gasteiger partial charge in [-0.05, 0) is 49.9 Å². The van der Waals surface area contributed by atoms with Gasteiger partial charge in [-0.1, -0.05) is 49.7 Å². The third-order valence-electron chi connectivity index (χ3n) is 6.45. The fourth-order valence-electron chi connectivity index (χ4n) is 4.69. The number of aromatic nitrogens is 1. The van der Waals surface area contributed by atoms with Crippen molar-refractivity contribution in [3.05, 3.63) is 65.9 Å². The Bertz CT molecular complexity index is 1010. The van der Waals surface area contributed by atoms with E-state index in [1.165, 1.54) is 32.2 Å². The summed E-state index contributed by atoms with van der Waals surface area (Å²) in [6.45, 7) is 5.76. The molecule has 3 aromatic rings. The number of nitrogens with one attached hydrogen (secondary N) is 1. The van der Waals surface area contributed by atoms with Gasteiger partial charge in [0.05, 0.1) is 6.54 Å². The van der Waals surface area contributed by atoms with E-state index < -0.39 is 0 Å². The summed E-state index contributed by atoms with van der Waals surface area (Å²) in [6, 6.07) is 16.3. The van der Waals surface area contributed by atoms with Gasteiger partial charge in [0.2, 0.25) is 0 Å². The van der Waals surface area contributed by atoms with Gasteiger partial charge in [0, 0.05) is 41.7 Å². The highest BCUT2D eigenvalue weighted by Gasteiger charge is 2.20. The summed E-state index contributed by atoms with van der Waals surface area (Å²) in [5.41, 5.74) is 1.71. The zero-order chi connectivity index (χ0) is 21.6. The number of amides is 1. The molecule has 1 aromatic heterocycles. The van der Waals surface area contributed by atoms with Crippen molar-refractivity contribution in [2.45, 2.75) is 51.6 Å². The van der Waals surface area contributed by atoms with Crippen LogP contribution in [0.15, 0.2) is 54.7 Å². The first-order valence-corrected chi connectivity index (χ1v) is 11.5. The van der Waals surface area contributed by atoms with Crippen LogP contribution in [0.25, 0.3) is 10.8 Å². The van der Waals surface area contributed by atoms with Crippen LogP contribution in [0.5, 0.6) is 5.88 Å². The average molecular weight is 420 g/mol. The zero-order valence-corrected chi connectivity index (χ0v) is 18.4. The number of hydrogen-bond acceptors (Lipinski definition) is 3. The Morgan fingerprint density at radius 3 is 2.81 bits per heavy atom. The van der Waals surface area contributed by atoms with Gasteiger partial charge in [-0.25, -0.2) is 0 Å². The van der Waals surface area contributed by atoms with E-state index in [1.807, 2.05) is 53.2 Å². The number of likely N-dealkylation sites (tertiary alicyclic amines) is 1. The maximum absolute atomic E-state index is 12.7. The molecule has 0 saturated carbocycles. The molecule has 0 aliphatic carbocycles. The summed E-state index contributed by atoms with van der Waals surface area (Å²) in [5.74, 6) is 0.118. The number of benzene rings is 2. The lowest BCUT2D eigenvalue weighted by Gasteiger charge is -2.35. The van der Waals surface area contributed by atoms with E-state index in [0.717, 1.165) is 23.9 Å². The van der Waals surface area contributed by atoms with Gasteiger partial charge in [-0.15, -0.1) is 0 Å². The SMILES string of the molecule is CCC1CCCCN1CCCNC(=O)c1ccc2cn(Cc3ccccc3)c(O)c2c1. The van der Waals surface area contributed by atoms with Crippen LogP contribution in [-0.4, -0.2) is 46.2 Å². The van der Waals surface area contributed by atoms with Crippen molar-refractivity contribution in [1.82, 2.24) is 14.8 Å². The summed E-state index contributed by atoms with van der Waals surface area (Å²) in [6.07, 6.45) is 8.03. The molecule has 1 fully saturated rings. The second-order valence-corrected chi connectivity index (χ2v) is 8.57. The third kappa shape index (κ3) is 5.10. The Morgan fingerprint density at radius 1 is 1.16 bits per heavy atom. The minimum Gasteiger partial charge on any atom is -0.494 e. The fraction of sp³-hybridized carbons (Fsp3) is 0.423. The summed E-state index contributed by atoms with van der Waals surface area (Å²) in [5, 5.41) is 15.4. The Kier molecular flexibility index (Phi) is 6.92. The first-order chi connectivity index (χ1) is 15.2. The van der Waals surface area contributed by atoms with Crippen LogP contribution in [0.4, 0.5) is 0 Å². The van der Waals surface area contributed by atoms with Crippen LogP contribution in [0.2, 0.25) is 0 Å². The fourth-order valence-corrected chi connectivity index (χ4v) is 4.69. The minimum atomic E-state index is -0.0807. The van der Waals surface area contributed by atoms with Gasteiger partial charge in [0.15, 0.2) is 5.88 Å². The van der Waals surface area contributed by atoms with Gasteiger partial charge < -0.3 is 19.9 Å². The van der Waals surface area contributed by atoms with Crippen LogP contribution in [0.3, 0.4) is 0 Å². The van der Waals surface area contributed by atoms with Crippen LogP contribution >= 0.6 is 0 Å². The molecular formula is C26H33N3O2. The number of aromatic hydroxyl groups is 1. The maximum atomic E-state index is 12.7. The number of carbonyl (C=O) groups excluding carboxylic acids is 1. The van der Waals surface area contributed by atoms with E-state index in [0.29, 0.717) is 30.1 Å². The van der Waals surface area contributed by atoms with Crippen molar-refractivity contribution in [2.24, 2.45) is 0 Å². The minimum absolute atomic E-state index is 0.0807. The standard InChI is InChI=1S/C26H33N3O2/c1-2-23-11-6-7-15-28(23)16-8-14-27-25(30)21-12-13-22-19-29(26(31)24(22)17-21)18-20-9-4-3-5-10-20/h3-5,9-10,12-13,17,19,23,31H,2,6-8,11,14-16,18H2,1H3,(H,27,30). The van der Waals surface area contributed by atoms with Crippen molar-refractivity contribution < 1.29 is 9.90 Å². The molecule has 2 aromatic carbocycles. The van der Waals surface area contributed by atoms with E-state index in [-0.39, 0.29) is 11.8 Å². The predicted molar refractivity (Wildman–Crippen MR) is 126 cm³/mol. The molecule has 2 heterocycles. The Morgan fingerprint density at radius 2 is 2.00 bits per heavy atom. The second-order valence-electron chi connectivity index (χ2n) is 8.57. The van der Waals surface area contributed by atoms with Crippen molar-refractivity contribution in [3.8, 4) is 5.88 Å². The highest BCUT2D eigenvalue weighted by Crippen LogP contribution is 2.29. The highest BCUT2D eigenvalue weighted by molar-refractivity contribution is 6.00. The Hall–Kier alpha value is -2.79. The number of carbonyl (C=O) groups is 1. The predicted octanol–water partition coefficient (Wildman–Crippen LogP) is 4.78. The van der Waals surface area contributed by atoms with Crippen molar-refractivity contribution >= 4 is 16.7 Å². The first kappa shape index (κ1) is 21.4. The largest absolute Gasteiger partial charge is 0.494 e. The van der Waals surface area contributed by atoms with Crippen LogP contribution in [0, 0.1) is 0 Å². The third-order valence-corrected chi connectivity index (χ3v) is 6.45. The van der Waals surface area contributed by atoms with Crippen LogP contribution in [0.1, 0.15) is 54.9 Å². The molecule has 4 rings (SSSR count). The quantitative estimate of drug-likeness (QED) is 0.517. The van der Waals surface area contributed by atoms with E-state index in [9.17, 15) is 9.90 Å². The topological polar surface area (TPSA) is 57.5 Å². The lowest BCUT2D eigenvalue weighted by atomic mass is 10.00. The number of fused-ring (bicyclic) bond motifs is 1. The normalized spacial score (nSPS) is 17.1. The molecule has 1 atom stereocenters. The van der Waals surface area contributed by atoms with Gasteiger partial charge in [-0.3, -0.25) is 4.79 Å². The number of piperidine rings is 1. The number of nitrogens with zero attached hydrogens (tertiary/aromatic N) is 2. The van der Waals surface area contributed by atoms with Gasteiger partial charge >= 0.3 is 0 Å². The van der Waals surface area contributed by atoms with Crippen molar-refractivity contribution in [2.75, 3.05) is 19.6 Å². The van der Waals surface area contributed by atoms with Crippen LogP contribution < -0.4 is 5.32 Å². The molecule has 1 amide bonds. The molecule has 1 unspecified atom stereocenters. The van der Waals surface area contributed by atoms with Gasteiger partial charge in [0.1, 0.15) is 0 Å². The van der Waals surface area contributed by atoms with Gasteiger partial charge in [-0.2, -0.15) is 0 Å². The van der Waals surface area contributed by atoms with E-state index in [2.05, 4.69) is 17.1 Å². The molecule has 1 saturated heterocycles. The Balaban J connectivity index is 1.35. The lowest BCUT2D eigenvalue weighted by molar-refractivity contribution is 0.0947. The summed E-state index contributed by atoms with van der Waals surface area (Å²) < 4.78 is 1.82. The smallest absolute Gasteiger partial charge is 0.251 e. The molecule has 2 N–H and O–H groups in total. The van der Waals surface area contributed by atoms with Crippen LogP contribution in [-0.2, 0) is 6.54 Å². The molecule has 31 heavy (non-hydrogen) atoms. The van der Waals surface area contributed by atoms with Crippen molar-refractivity contribution in [1.29, 1.82) is 0 Å².